The van der Waals surface area contributed by atoms with Gasteiger partial charge in [-0.2, -0.15) is 0 Å². The summed E-state index contributed by atoms with van der Waals surface area (Å²) in [6.07, 6.45) is 0.944. The average molecular weight is 365 g/mol. The van der Waals surface area contributed by atoms with Gasteiger partial charge in [0, 0.05) is 23.0 Å². The molecule has 1 amide bonds. The second-order valence-corrected chi connectivity index (χ2v) is 7.36. The molecule has 1 fully saturated rings. The van der Waals surface area contributed by atoms with E-state index in [0.29, 0.717) is 18.2 Å². The van der Waals surface area contributed by atoms with Gasteiger partial charge in [-0.25, -0.2) is 0 Å². The van der Waals surface area contributed by atoms with Gasteiger partial charge < -0.3 is 15.0 Å². The number of anilines is 2. The lowest BCUT2D eigenvalue weighted by Gasteiger charge is -2.30. The highest BCUT2D eigenvalue weighted by Gasteiger charge is 2.18. The van der Waals surface area contributed by atoms with Crippen molar-refractivity contribution in [3.63, 3.8) is 0 Å². The van der Waals surface area contributed by atoms with E-state index in [1.54, 1.807) is 11.3 Å². The number of benzene rings is 1. The van der Waals surface area contributed by atoms with Crippen molar-refractivity contribution in [1.29, 1.82) is 0 Å². The molecule has 1 N–H and O–H groups in total. The van der Waals surface area contributed by atoms with Crippen molar-refractivity contribution >= 4 is 40.2 Å². The number of hydrogen-bond donors (Lipinski definition) is 1. The Morgan fingerprint density at radius 3 is 2.75 bits per heavy atom. The van der Waals surface area contributed by atoms with Crippen LogP contribution in [0.3, 0.4) is 0 Å². The van der Waals surface area contributed by atoms with Gasteiger partial charge >= 0.3 is 0 Å². The molecule has 1 aliphatic heterocycles. The molecule has 1 aromatic carbocycles. The summed E-state index contributed by atoms with van der Waals surface area (Å²) in [4.78, 5) is 16.9. The maximum atomic E-state index is 12.7. The Balaban J connectivity index is 1.85. The first-order valence-electron chi connectivity index (χ1n) is 8.11. The van der Waals surface area contributed by atoms with Crippen LogP contribution in [0.2, 0.25) is 5.02 Å². The molecule has 128 valence electrons. The fourth-order valence-corrected chi connectivity index (χ4v) is 4.04. The molecule has 4 nitrogen and oxygen atoms in total. The highest BCUT2D eigenvalue weighted by Crippen LogP contribution is 2.31. The summed E-state index contributed by atoms with van der Waals surface area (Å²) in [6, 6.07) is 7.58. The molecule has 24 heavy (non-hydrogen) atoms. The van der Waals surface area contributed by atoms with E-state index in [4.69, 9.17) is 16.3 Å². The second-order valence-electron chi connectivity index (χ2n) is 5.79. The molecule has 1 saturated heterocycles. The Labute approximate surface area is 151 Å². The lowest BCUT2D eigenvalue weighted by molar-refractivity contribution is 0.103. The smallest absolute Gasteiger partial charge is 0.265 e. The number of morpholine rings is 1. The van der Waals surface area contributed by atoms with Gasteiger partial charge in [0.2, 0.25) is 0 Å². The molecule has 2 heterocycles. The number of halogens is 1. The standard InChI is InChI=1S/C18H21ClN2O2S/c1-3-16-12(2)10-17(24-16)18(22)20-14-11-13(19)4-5-15(14)21-6-8-23-9-7-21/h4-5,10-11H,3,6-9H2,1-2H3,(H,20,22). The topological polar surface area (TPSA) is 41.6 Å². The van der Waals surface area contributed by atoms with Crippen molar-refractivity contribution in [2.24, 2.45) is 0 Å². The van der Waals surface area contributed by atoms with Gasteiger partial charge in [-0.05, 0) is 43.2 Å². The monoisotopic (exact) mass is 364 g/mol. The van der Waals surface area contributed by atoms with Crippen LogP contribution in [0.5, 0.6) is 0 Å². The minimum absolute atomic E-state index is 0.0837. The van der Waals surface area contributed by atoms with Crippen molar-refractivity contribution in [1.82, 2.24) is 0 Å². The Kier molecular flexibility index (Phi) is 5.43. The van der Waals surface area contributed by atoms with Crippen LogP contribution in [-0.4, -0.2) is 32.2 Å². The van der Waals surface area contributed by atoms with Gasteiger partial charge in [-0.15, -0.1) is 11.3 Å². The van der Waals surface area contributed by atoms with Crippen LogP contribution in [0.1, 0.15) is 27.0 Å². The van der Waals surface area contributed by atoms with Gasteiger partial charge in [-0.3, -0.25) is 4.79 Å². The quantitative estimate of drug-likeness (QED) is 0.876. The lowest BCUT2D eigenvalue weighted by atomic mass is 10.2. The van der Waals surface area contributed by atoms with Gasteiger partial charge in [-0.1, -0.05) is 18.5 Å². The lowest BCUT2D eigenvalue weighted by Crippen LogP contribution is -2.36. The Morgan fingerprint density at radius 1 is 1.33 bits per heavy atom. The summed E-state index contributed by atoms with van der Waals surface area (Å²) in [5.41, 5.74) is 2.91. The molecule has 0 atom stereocenters. The molecule has 0 radical (unpaired) electrons. The summed E-state index contributed by atoms with van der Waals surface area (Å²) in [5, 5.41) is 3.64. The molecule has 0 spiro atoms. The van der Waals surface area contributed by atoms with Crippen LogP contribution in [0.15, 0.2) is 24.3 Å². The summed E-state index contributed by atoms with van der Waals surface area (Å²) in [5.74, 6) is -0.0837. The van der Waals surface area contributed by atoms with E-state index in [-0.39, 0.29) is 5.91 Å². The van der Waals surface area contributed by atoms with Gasteiger partial charge in [0.15, 0.2) is 0 Å². The third-order valence-electron chi connectivity index (χ3n) is 4.12. The van der Waals surface area contributed by atoms with Crippen molar-refractivity contribution in [2.45, 2.75) is 20.3 Å². The van der Waals surface area contributed by atoms with E-state index in [9.17, 15) is 4.79 Å². The Bertz CT molecular complexity index is 739. The van der Waals surface area contributed by atoms with E-state index in [2.05, 4.69) is 17.1 Å². The van der Waals surface area contributed by atoms with Gasteiger partial charge in [0.05, 0.1) is 29.5 Å². The Morgan fingerprint density at radius 2 is 2.08 bits per heavy atom. The predicted octanol–water partition coefficient (Wildman–Crippen LogP) is 4.36. The minimum atomic E-state index is -0.0837. The number of nitrogens with one attached hydrogen (secondary N) is 1. The molecular formula is C18H21ClN2O2S. The molecule has 6 heteroatoms. The molecule has 2 aromatic rings. The molecule has 1 aromatic heterocycles. The fraction of sp³-hybridized carbons (Fsp3) is 0.389. The fourth-order valence-electron chi connectivity index (χ4n) is 2.86. The number of carbonyl (C=O) groups is 1. The summed E-state index contributed by atoms with van der Waals surface area (Å²) in [7, 11) is 0. The van der Waals surface area contributed by atoms with Crippen molar-refractivity contribution in [3.05, 3.63) is 44.6 Å². The number of thiophene rings is 1. The van der Waals surface area contributed by atoms with Crippen LogP contribution >= 0.6 is 22.9 Å². The zero-order chi connectivity index (χ0) is 17.1. The highest BCUT2D eigenvalue weighted by atomic mass is 35.5. The number of amides is 1. The predicted molar refractivity (Wildman–Crippen MR) is 101 cm³/mol. The van der Waals surface area contributed by atoms with Crippen LogP contribution in [0.25, 0.3) is 0 Å². The Hall–Kier alpha value is -1.56. The number of nitrogens with zero attached hydrogens (tertiary/aromatic N) is 1. The van der Waals surface area contributed by atoms with Crippen LogP contribution in [-0.2, 0) is 11.2 Å². The number of hydrogen-bond acceptors (Lipinski definition) is 4. The van der Waals surface area contributed by atoms with E-state index in [1.165, 1.54) is 10.4 Å². The maximum absolute atomic E-state index is 12.7. The zero-order valence-corrected chi connectivity index (χ0v) is 15.5. The molecule has 0 bridgehead atoms. The third kappa shape index (κ3) is 3.74. The largest absolute Gasteiger partial charge is 0.378 e. The molecule has 3 rings (SSSR count). The second kappa shape index (κ2) is 7.55. The summed E-state index contributed by atoms with van der Waals surface area (Å²) in [6.45, 7) is 7.16. The SMILES string of the molecule is CCc1sc(C(=O)Nc2cc(Cl)ccc2N2CCOCC2)cc1C. The number of rotatable bonds is 4. The first kappa shape index (κ1) is 17.3. The molecule has 0 saturated carbocycles. The van der Waals surface area contributed by atoms with Crippen LogP contribution in [0.4, 0.5) is 11.4 Å². The molecular weight excluding hydrogens is 344 g/mol. The number of aryl methyl sites for hydroxylation is 2. The van der Waals surface area contributed by atoms with E-state index in [0.717, 1.165) is 35.8 Å². The molecule has 0 unspecified atom stereocenters. The van der Waals surface area contributed by atoms with Crippen molar-refractivity contribution < 1.29 is 9.53 Å². The van der Waals surface area contributed by atoms with E-state index in [1.807, 2.05) is 31.2 Å². The zero-order valence-electron chi connectivity index (χ0n) is 13.9. The van der Waals surface area contributed by atoms with Crippen molar-refractivity contribution in [2.75, 3.05) is 36.5 Å². The first-order valence-corrected chi connectivity index (χ1v) is 9.31. The number of ether oxygens (including phenoxy) is 1. The molecule has 0 aliphatic carbocycles. The third-order valence-corrected chi connectivity index (χ3v) is 5.74. The van der Waals surface area contributed by atoms with Crippen LogP contribution in [0, 0.1) is 6.92 Å². The van der Waals surface area contributed by atoms with E-state index >= 15 is 0 Å². The van der Waals surface area contributed by atoms with Gasteiger partial charge in [0.1, 0.15) is 0 Å². The summed E-state index contributed by atoms with van der Waals surface area (Å²) >= 11 is 7.70. The van der Waals surface area contributed by atoms with Gasteiger partial charge in [0.25, 0.3) is 5.91 Å². The maximum Gasteiger partial charge on any atom is 0.265 e. The van der Waals surface area contributed by atoms with Crippen molar-refractivity contribution in [3.8, 4) is 0 Å². The minimum Gasteiger partial charge on any atom is -0.378 e. The molecule has 1 aliphatic rings. The first-order chi connectivity index (χ1) is 11.6. The normalized spacial score (nSPS) is 14.7. The number of carbonyl (C=O) groups excluding carboxylic acids is 1. The average Bonchev–Trinajstić information content (AvgIpc) is 2.97. The van der Waals surface area contributed by atoms with E-state index < -0.39 is 0 Å². The highest BCUT2D eigenvalue weighted by molar-refractivity contribution is 7.14. The van der Waals surface area contributed by atoms with Crippen LogP contribution < -0.4 is 10.2 Å². The summed E-state index contributed by atoms with van der Waals surface area (Å²) < 4.78 is 5.41.